The molecule has 0 radical (unpaired) electrons. The molecule has 2 heterocycles. The van der Waals surface area contributed by atoms with Crippen molar-refractivity contribution < 1.29 is 0 Å². The minimum Gasteiger partial charge on any atom is -0.307 e. The van der Waals surface area contributed by atoms with Crippen LogP contribution in [0.15, 0.2) is 255 Å². The van der Waals surface area contributed by atoms with Crippen molar-refractivity contribution in [3.8, 4) is 33.6 Å². The lowest BCUT2D eigenvalue weighted by molar-refractivity contribution is 1.13. The SMILES string of the molecule is c1ccc(-c2cccc(-n3c4ccccc4c4cccc(-n5c6ccccc6c6c([Si](c7ccccc7)(c7ccccc7)c7ccccc7)cccc65)c43)c2-c2ccccc2)cc1. The second kappa shape index (κ2) is 15.2. The fraction of sp³-hybridized carbons (Fsp3) is 0. The van der Waals surface area contributed by atoms with Crippen molar-refractivity contribution in [3.05, 3.63) is 255 Å². The summed E-state index contributed by atoms with van der Waals surface area (Å²) >= 11 is 0. The molecule has 0 saturated heterocycles. The van der Waals surface area contributed by atoms with Gasteiger partial charge in [0.15, 0.2) is 8.07 Å². The maximum atomic E-state index is 2.55. The predicted molar refractivity (Wildman–Crippen MR) is 270 cm³/mol. The van der Waals surface area contributed by atoms with Crippen LogP contribution in [0.2, 0.25) is 0 Å². The molecular formula is C60H42N2Si. The molecule has 0 aliphatic rings. The van der Waals surface area contributed by atoms with E-state index in [-0.39, 0.29) is 0 Å². The van der Waals surface area contributed by atoms with Crippen LogP contribution in [0, 0.1) is 0 Å². The van der Waals surface area contributed by atoms with E-state index < -0.39 is 8.07 Å². The second-order valence-corrected chi connectivity index (χ2v) is 20.1. The van der Waals surface area contributed by atoms with Crippen molar-refractivity contribution in [3.63, 3.8) is 0 Å². The lowest BCUT2D eigenvalue weighted by Crippen LogP contribution is -2.74. The Hall–Kier alpha value is -7.98. The molecule has 63 heavy (non-hydrogen) atoms. The van der Waals surface area contributed by atoms with Gasteiger partial charge in [-0.2, -0.15) is 0 Å². The van der Waals surface area contributed by atoms with E-state index in [4.69, 9.17) is 0 Å². The maximum Gasteiger partial charge on any atom is 0.180 e. The number of hydrogen-bond donors (Lipinski definition) is 0. The predicted octanol–water partition coefficient (Wildman–Crippen LogP) is 12.6. The summed E-state index contributed by atoms with van der Waals surface area (Å²) in [7, 11) is -2.91. The molecule has 0 aliphatic heterocycles. The standard InChI is InChI=1S/C60H42N2Si/c1-6-23-43(24-7-1)48-35-20-39-54(58(48)44-25-8-2-9-26-44)62-52-37-18-16-33-49(52)50-36-21-41-56(60(50)62)61-53-38-19-17-34-51(53)59-55(61)40-22-42-57(59)63(45-27-10-3-11-28-45,46-29-12-4-13-30-46)47-31-14-5-15-32-47/h1-42H. The van der Waals surface area contributed by atoms with Gasteiger partial charge in [0.1, 0.15) is 0 Å². The van der Waals surface area contributed by atoms with E-state index in [0.29, 0.717) is 0 Å². The average Bonchev–Trinajstić information content (AvgIpc) is 3.89. The summed E-state index contributed by atoms with van der Waals surface area (Å²) in [5, 5.41) is 10.5. The van der Waals surface area contributed by atoms with Gasteiger partial charge < -0.3 is 9.13 Å². The highest BCUT2D eigenvalue weighted by molar-refractivity contribution is 7.20. The summed E-state index contributed by atoms with van der Waals surface area (Å²) in [6.45, 7) is 0. The minimum absolute atomic E-state index is 1.14. The van der Waals surface area contributed by atoms with E-state index in [1.807, 2.05) is 0 Å². The van der Waals surface area contributed by atoms with E-state index in [2.05, 4.69) is 264 Å². The molecule has 0 amide bonds. The third-order valence-corrected chi connectivity index (χ3v) is 17.9. The summed E-state index contributed by atoms with van der Waals surface area (Å²) in [4.78, 5) is 0. The Morgan fingerprint density at radius 1 is 0.286 bits per heavy atom. The van der Waals surface area contributed by atoms with E-state index in [9.17, 15) is 0 Å². The molecule has 0 saturated carbocycles. The van der Waals surface area contributed by atoms with Gasteiger partial charge in [0, 0.05) is 27.1 Å². The Kier molecular flexibility index (Phi) is 8.87. The normalized spacial score (nSPS) is 11.8. The molecule has 0 spiro atoms. The number of benzene rings is 10. The van der Waals surface area contributed by atoms with Crippen molar-refractivity contribution in [2.45, 2.75) is 0 Å². The van der Waals surface area contributed by atoms with Gasteiger partial charge in [0.2, 0.25) is 0 Å². The first-order chi connectivity index (χ1) is 31.3. The molecule has 12 rings (SSSR count). The second-order valence-electron chi connectivity index (χ2n) is 16.4. The molecule has 296 valence electrons. The van der Waals surface area contributed by atoms with Gasteiger partial charge in [-0.15, -0.1) is 0 Å². The van der Waals surface area contributed by atoms with Gasteiger partial charge >= 0.3 is 0 Å². The zero-order valence-corrected chi connectivity index (χ0v) is 35.6. The lowest BCUT2D eigenvalue weighted by Gasteiger charge is -2.35. The molecule has 0 aliphatic carbocycles. The zero-order chi connectivity index (χ0) is 41.7. The van der Waals surface area contributed by atoms with Crippen LogP contribution in [0.3, 0.4) is 0 Å². The lowest BCUT2D eigenvalue weighted by atomic mass is 9.93. The first-order valence-corrected chi connectivity index (χ1v) is 23.8. The van der Waals surface area contributed by atoms with Crippen LogP contribution in [-0.4, -0.2) is 17.2 Å². The molecular weight excluding hydrogens is 777 g/mol. The molecule has 0 unspecified atom stereocenters. The van der Waals surface area contributed by atoms with E-state index in [1.54, 1.807) is 0 Å². The van der Waals surface area contributed by atoms with Crippen molar-refractivity contribution in [1.82, 2.24) is 9.13 Å². The Morgan fingerprint density at radius 3 is 1.35 bits per heavy atom. The van der Waals surface area contributed by atoms with Crippen LogP contribution in [0.5, 0.6) is 0 Å². The Morgan fingerprint density at radius 2 is 0.730 bits per heavy atom. The van der Waals surface area contributed by atoms with E-state index in [0.717, 1.165) is 11.4 Å². The molecule has 10 aromatic carbocycles. The first-order valence-electron chi connectivity index (χ1n) is 21.8. The smallest absolute Gasteiger partial charge is 0.180 e. The fourth-order valence-electron chi connectivity index (χ4n) is 10.5. The van der Waals surface area contributed by atoms with E-state index >= 15 is 0 Å². The number of fused-ring (bicyclic) bond motifs is 6. The van der Waals surface area contributed by atoms with Gasteiger partial charge in [0.25, 0.3) is 0 Å². The molecule has 12 aromatic rings. The summed E-state index contributed by atoms with van der Waals surface area (Å²) in [6, 6.07) is 94.3. The maximum absolute atomic E-state index is 2.91. The zero-order valence-electron chi connectivity index (χ0n) is 34.6. The summed E-state index contributed by atoms with van der Waals surface area (Å²) in [5.41, 5.74) is 11.8. The highest BCUT2D eigenvalue weighted by Crippen LogP contribution is 2.44. The first kappa shape index (κ1) is 36.8. The number of aromatic nitrogens is 2. The fourth-order valence-corrected chi connectivity index (χ4v) is 15.5. The Bertz CT molecular complexity index is 3500. The van der Waals surface area contributed by atoms with Crippen LogP contribution >= 0.6 is 0 Å². The summed E-state index contributed by atoms with van der Waals surface area (Å²) < 4.78 is 5.09. The Balaban J connectivity index is 1.23. The molecule has 0 fully saturated rings. The molecule has 0 atom stereocenters. The number of para-hydroxylation sites is 3. The third-order valence-electron chi connectivity index (χ3n) is 13.1. The van der Waals surface area contributed by atoms with Crippen LogP contribution < -0.4 is 20.7 Å². The molecule has 3 heteroatoms. The Labute approximate surface area is 368 Å². The van der Waals surface area contributed by atoms with Crippen LogP contribution in [0.25, 0.3) is 77.2 Å². The summed E-state index contributed by atoms with van der Waals surface area (Å²) in [6.07, 6.45) is 0. The number of nitrogens with zero attached hydrogens (tertiary/aromatic N) is 2. The highest BCUT2D eigenvalue weighted by Gasteiger charge is 2.43. The summed E-state index contributed by atoms with van der Waals surface area (Å²) in [5.74, 6) is 0. The highest BCUT2D eigenvalue weighted by atomic mass is 28.3. The average molecular weight is 819 g/mol. The monoisotopic (exact) mass is 818 g/mol. The van der Waals surface area contributed by atoms with Crippen molar-refractivity contribution in [2.24, 2.45) is 0 Å². The largest absolute Gasteiger partial charge is 0.307 e. The molecule has 0 bridgehead atoms. The minimum atomic E-state index is -2.91. The molecule has 2 aromatic heterocycles. The van der Waals surface area contributed by atoms with Gasteiger partial charge in [-0.25, -0.2) is 0 Å². The third kappa shape index (κ3) is 5.71. The van der Waals surface area contributed by atoms with Crippen molar-refractivity contribution >= 4 is 72.4 Å². The van der Waals surface area contributed by atoms with Crippen LogP contribution in [0.1, 0.15) is 0 Å². The van der Waals surface area contributed by atoms with Crippen LogP contribution in [0.4, 0.5) is 0 Å². The molecule has 0 N–H and O–H groups in total. The van der Waals surface area contributed by atoms with Gasteiger partial charge in [-0.05, 0) is 67.8 Å². The number of hydrogen-bond acceptors (Lipinski definition) is 0. The molecule has 2 nitrogen and oxygen atoms in total. The van der Waals surface area contributed by atoms with Gasteiger partial charge in [-0.1, -0.05) is 224 Å². The van der Waals surface area contributed by atoms with Gasteiger partial charge in [-0.3, -0.25) is 0 Å². The van der Waals surface area contributed by atoms with Gasteiger partial charge in [0.05, 0.1) is 33.4 Å². The topological polar surface area (TPSA) is 9.86 Å². The quantitative estimate of drug-likeness (QED) is 0.107. The van der Waals surface area contributed by atoms with Crippen molar-refractivity contribution in [2.75, 3.05) is 0 Å². The van der Waals surface area contributed by atoms with E-state index in [1.165, 1.54) is 86.6 Å². The van der Waals surface area contributed by atoms with Crippen LogP contribution in [-0.2, 0) is 0 Å². The number of rotatable bonds is 8. The van der Waals surface area contributed by atoms with Crippen molar-refractivity contribution in [1.29, 1.82) is 0 Å².